The Hall–Kier alpha value is -3.25. The third-order valence-corrected chi connectivity index (χ3v) is 4.12. The Bertz CT molecular complexity index is 1110. The van der Waals surface area contributed by atoms with Crippen LogP contribution >= 0.6 is 11.6 Å². The van der Waals surface area contributed by atoms with Crippen molar-refractivity contribution in [2.24, 2.45) is 0 Å². The van der Waals surface area contributed by atoms with Crippen LogP contribution in [-0.2, 0) is 0 Å². The van der Waals surface area contributed by atoms with Crippen LogP contribution in [0.4, 0.5) is 5.69 Å². The average Bonchev–Trinajstić information content (AvgIpc) is 3.04. The fourth-order valence-corrected chi connectivity index (χ4v) is 2.92. The van der Waals surface area contributed by atoms with E-state index in [1.165, 1.54) is 4.80 Å². The number of amides is 1. The van der Waals surface area contributed by atoms with E-state index in [0.29, 0.717) is 21.9 Å². The van der Waals surface area contributed by atoms with Gasteiger partial charge in [0.1, 0.15) is 0 Å². The lowest BCUT2D eigenvalue weighted by Gasteiger charge is -2.08. The van der Waals surface area contributed by atoms with Gasteiger partial charge in [-0.05, 0) is 37.3 Å². The van der Waals surface area contributed by atoms with Crippen LogP contribution in [0, 0.1) is 6.92 Å². The SMILES string of the molecule is Cc1nn(-c2ccccc2)nc1C(=O)Nc1cc(Cl)cc2cccnc12. The number of benzene rings is 2. The Morgan fingerprint density at radius 3 is 2.69 bits per heavy atom. The molecule has 26 heavy (non-hydrogen) atoms. The number of nitrogens with zero attached hydrogens (tertiary/aromatic N) is 4. The van der Waals surface area contributed by atoms with Crippen molar-refractivity contribution >= 4 is 34.1 Å². The van der Waals surface area contributed by atoms with Crippen molar-refractivity contribution in [1.29, 1.82) is 0 Å². The van der Waals surface area contributed by atoms with Crippen LogP contribution in [-0.4, -0.2) is 25.9 Å². The molecule has 128 valence electrons. The number of carbonyl (C=O) groups is 1. The minimum absolute atomic E-state index is 0.248. The van der Waals surface area contributed by atoms with Gasteiger partial charge in [-0.3, -0.25) is 9.78 Å². The lowest BCUT2D eigenvalue weighted by atomic mass is 10.2. The summed E-state index contributed by atoms with van der Waals surface area (Å²) in [5.41, 5.74) is 2.76. The topological polar surface area (TPSA) is 72.7 Å². The standard InChI is InChI=1S/C19H14ClN5O/c1-12-17(24-25(23-12)15-7-3-2-4-8-15)19(26)22-16-11-14(20)10-13-6-5-9-21-18(13)16/h2-11H,1H3,(H,22,26). The molecular formula is C19H14ClN5O. The quantitative estimate of drug-likeness (QED) is 0.596. The lowest BCUT2D eigenvalue weighted by molar-refractivity contribution is 0.102. The van der Waals surface area contributed by atoms with Gasteiger partial charge in [-0.2, -0.15) is 9.90 Å². The molecule has 0 fully saturated rings. The molecule has 0 spiro atoms. The van der Waals surface area contributed by atoms with Gasteiger partial charge in [0.15, 0.2) is 5.69 Å². The van der Waals surface area contributed by atoms with Crippen molar-refractivity contribution in [3.05, 3.63) is 77.2 Å². The van der Waals surface area contributed by atoms with Crippen LogP contribution in [0.1, 0.15) is 16.2 Å². The Labute approximate surface area is 154 Å². The van der Waals surface area contributed by atoms with Gasteiger partial charge in [0, 0.05) is 16.6 Å². The van der Waals surface area contributed by atoms with Crippen molar-refractivity contribution in [1.82, 2.24) is 20.0 Å². The molecule has 1 amide bonds. The van der Waals surface area contributed by atoms with Crippen LogP contribution in [0.2, 0.25) is 5.02 Å². The third-order valence-electron chi connectivity index (χ3n) is 3.90. The Morgan fingerprint density at radius 1 is 1.08 bits per heavy atom. The van der Waals surface area contributed by atoms with Crippen molar-refractivity contribution in [3.63, 3.8) is 0 Å². The normalized spacial score (nSPS) is 10.8. The number of rotatable bonds is 3. The number of aryl methyl sites for hydroxylation is 1. The summed E-state index contributed by atoms with van der Waals surface area (Å²) >= 11 is 6.16. The fraction of sp³-hybridized carbons (Fsp3) is 0.0526. The van der Waals surface area contributed by atoms with E-state index in [1.54, 1.807) is 25.3 Å². The summed E-state index contributed by atoms with van der Waals surface area (Å²) < 4.78 is 0. The first-order valence-electron chi connectivity index (χ1n) is 7.97. The highest BCUT2D eigenvalue weighted by Crippen LogP contribution is 2.26. The van der Waals surface area contributed by atoms with Crippen LogP contribution in [0.3, 0.4) is 0 Å². The highest BCUT2D eigenvalue weighted by Gasteiger charge is 2.18. The molecule has 0 saturated heterocycles. The number of halogens is 1. The molecule has 0 aliphatic carbocycles. The lowest BCUT2D eigenvalue weighted by Crippen LogP contribution is -2.14. The van der Waals surface area contributed by atoms with E-state index >= 15 is 0 Å². The van der Waals surface area contributed by atoms with Crippen molar-refractivity contribution in [2.75, 3.05) is 5.32 Å². The predicted octanol–water partition coefficient (Wildman–Crippen LogP) is 4.03. The Kier molecular flexibility index (Phi) is 4.10. The van der Waals surface area contributed by atoms with E-state index in [9.17, 15) is 4.79 Å². The maximum Gasteiger partial charge on any atom is 0.278 e. The summed E-state index contributed by atoms with van der Waals surface area (Å²) in [5, 5.41) is 12.9. The number of hydrogen-bond donors (Lipinski definition) is 1. The molecule has 0 aliphatic rings. The van der Waals surface area contributed by atoms with E-state index in [4.69, 9.17) is 11.6 Å². The van der Waals surface area contributed by atoms with Gasteiger partial charge < -0.3 is 5.32 Å². The maximum absolute atomic E-state index is 12.7. The molecule has 0 atom stereocenters. The number of carbonyl (C=O) groups excluding carboxylic acids is 1. The van der Waals surface area contributed by atoms with E-state index in [-0.39, 0.29) is 11.6 Å². The summed E-state index contributed by atoms with van der Waals surface area (Å²) in [6.07, 6.45) is 1.67. The summed E-state index contributed by atoms with van der Waals surface area (Å²) in [5.74, 6) is -0.362. The van der Waals surface area contributed by atoms with Gasteiger partial charge in [-0.25, -0.2) is 0 Å². The molecule has 2 heterocycles. The van der Waals surface area contributed by atoms with Crippen LogP contribution in [0.5, 0.6) is 0 Å². The van der Waals surface area contributed by atoms with E-state index < -0.39 is 0 Å². The molecule has 4 rings (SSSR count). The van der Waals surface area contributed by atoms with Crippen molar-refractivity contribution < 1.29 is 4.79 Å². The van der Waals surface area contributed by atoms with Gasteiger partial charge in [0.25, 0.3) is 5.91 Å². The Balaban J connectivity index is 1.69. The minimum atomic E-state index is -0.362. The molecule has 4 aromatic rings. The number of pyridine rings is 1. The number of nitrogens with one attached hydrogen (secondary N) is 1. The smallest absolute Gasteiger partial charge is 0.278 e. The van der Waals surface area contributed by atoms with Gasteiger partial charge in [0.05, 0.1) is 22.6 Å². The van der Waals surface area contributed by atoms with Crippen molar-refractivity contribution in [3.8, 4) is 5.69 Å². The largest absolute Gasteiger partial charge is 0.319 e. The summed E-state index contributed by atoms with van der Waals surface area (Å²) in [4.78, 5) is 18.5. The summed E-state index contributed by atoms with van der Waals surface area (Å²) in [7, 11) is 0. The van der Waals surface area contributed by atoms with E-state index in [2.05, 4.69) is 20.5 Å². The molecule has 1 N–H and O–H groups in total. The molecule has 2 aromatic heterocycles. The zero-order chi connectivity index (χ0) is 18.1. The van der Waals surface area contributed by atoms with Gasteiger partial charge in [0.2, 0.25) is 0 Å². The molecule has 2 aromatic carbocycles. The van der Waals surface area contributed by atoms with E-state index in [0.717, 1.165) is 11.1 Å². The molecular weight excluding hydrogens is 350 g/mol. The van der Waals surface area contributed by atoms with Gasteiger partial charge in [-0.15, -0.1) is 5.10 Å². The number of hydrogen-bond acceptors (Lipinski definition) is 4. The number of aromatic nitrogens is 4. The second kappa shape index (κ2) is 6.57. The average molecular weight is 364 g/mol. The third kappa shape index (κ3) is 3.02. The number of para-hydroxylation sites is 1. The highest BCUT2D eigenvalue weighted by atomic mass is 35.5. The minimum Gasteiger partial charge on any atom is -0.319 e. The second-order valence-corrected chi connectivity index (χ2v) is 6.18. The molecule has 7 heteroatoms. The molecule has 0 unspecified atom stereocenters. The van der Waals surface area contributed by atoms with Crippen molar-refractivity contribution in [2.45, 2.75) is 6.92 Å². The van der Waals surface area contributed by atoms with Crippen LogP contribution < -0.4 is 5.32 Å². The number of fused-ring (bicyclic) bond motifs is 1. The Morgan fingerprint density at radius 2 is 1.88 bits per heavy atom. The molecule has 0 bridgehead atoms. The van der Waals surface area contributed by atoms with Gasteiger partial charge >= 0.3 is 0 Å². The number of anilines is 1. The maximum atomic E-state index is 12.7. The van der Waals surface area contributed by atoms with Gasteiger partial charge in [-0.1, -0.05) is 35.9 Å². The zero-order valence-corrected chi connectivity index (χ0v) is 14.6. The fourth-order valence-electron chi connectivity index (χ4n) is 2.70. The first-order valence-corrected chi connectivity index (χ1v) is 8.34. The molecule has 0 radical (unpaired) electrons. The molecule has 0 aliphatic heterocycles. The highest BCUT2D eigenvalue weighted by molar-refractivity contribution is 6.32. The second-order valence-electron chi connectivity index (χ2n) is 5.74. The van der Waals surface area contributed by atoms with Crippen LogP contribution in [0.15, 0.2) is 60.8 Å². The molecule has 0 saturated carbocycles. The molecule has 6 nitrogen and oxygen atoms in total. The predicted molar refractivity (Wildman–Crippen MR) is 101 cm³/mol. The first kappa shape index (κ1) is 16.2. The monoisotopic (exact) mass is 363 g/mol. The first-order chi connectivity index (χ1) is 12.6. The van der Waals surface area contributed by atoms with E-state index in [1.807, 2.05) is 42.5 Å². The zero-order valence-electron chi connectivity index (χ0n) is 13.8. The summed E-state index contributed by atoms with van der Waals surface area (Å²) in [6, 6.07) is 16.6. The summed E-state index contributed by atoms with van der Waals surface area (Å²) in [6.45, 7) is 1.75. The van der Waals surface area contributed by atoms with Crippen LogP contribution in [0.25, 0.3) is 16.6 Å².